The number of aromatic amines is 1. The van der Waals surface area contributed by atoms with Gasteiger partial charge in [0.25, 0.3) is 0 Å². The molecular formula is C12H16N6O2. The molecule has 2 rings (SSSR count). The molecule has 2 aromatic rings. The molecule has 1 aromatic heterocycles. The molecule has 1 aromatic carbocycles. The standard InChI is InChI=1S/C12H16N6O2/c1-20-9-4-2-8(3-5-9)14-7-11-15-10(17-18-11)6-12(19)16-13/h2-5,14H,6-7,13H2,1H3,(H,16,19)(H,15,17,18). The van der Waals surface area contributed by atoms with Crippen molar-refractivity contribution in [1.82, 2.24) is 20.6 Å². The van der Waals surface area contributed by atoms with E-state index in [4.69, 9.17) is 10.6 Å². The highest BCUT2D eigenvalue weighted by molar-refractivity contribution is 5.76. The smallest absolute Gasteiger partial charge is 0.241 e. The van der Waals surface area contributed by atoms with Gasteiger partial charge in [-0.15, -0.1) is 0 Å². The molecular weight excluding hydrogens is 260 g/mol. The molecule has 0 saturated carbocycles. The summed E-state index contributed by atoms with van der Waals surface area (Å²) in [6.07, 6.45) is 0.0511. The summed E-state index contributed by atoms with van der Waals surface area (Å²) in [4.78, 5) is 15.2. The fourth-order valence-corrected chi connectivity index (χ4v) is 1.58. The number of benzene rings is 1. The average molecular weight is 276 g/mol. The van der Waals surface area contributed by atoms with Crippen molar-refractivity contribution in [1.29, 1.82) is 0 Å². The summed E-state index contributed by atoms with van der Waals surface area (Å²) < 4.78 is 5.08. The predicted molar refractivity (Wildman–Crippen MR) is 72.7 cm³/mol. The van der Waals surface area contributed by atoms with Gasteiger partial charge in [-0.1, -0.05) is 0 Å². The van der Waals surface area contributed by atoms with Gasteiger partial charge in [0.15, 0.2) is 5.82 Å². The number of amides is 1. The van der Waals surface area contributed by atoms with Crippen molar-refractivity contribution in [3.8, 4) is 5.75 Å². The van der Waals surface area contributed by atoms with E-state index in [0.717, 1.165) is 11.4 Å². The molecule has 0 aliphatic rings. The van der Waals surface area contributed by atoms with E-state index in [1.165, 1.54) is 0 Å². The minimum atomic E-state index is -0.335. The topological polar surface area (TPSA) is 118 Å². The Morgan fingerprint density at radius 1 is 1.40 bits per heavy atom. The van der Waals surface area contributed by atoms with Crippen molar-refractivity contribution in [3.63, 3.8) is 0 Å². The molecule has 106 valence electrons. The quantitative estimate of drug-likeness (QED) is 0.334. The third kappa shape index (κ3) is 3.69. The number of ether oxygens (including phenoxy) is 1. The molecule has 1 amide bonds. The predicted octanol–water partition coefficient (Wildman–Crippen LogP) is -0.0422. The molecule has 0 aliphatic heterocycles. The summed E-state index contributed by atoms with van der Waals surface area (Å²) in [6.45, 7) is 0.476. The first-order valence-corrected chi connectivity index (χ1v) is 5.99. The van der Waals surface area contributed by atoms with E-state index in [1.54, 1.807) is 7.11 Å². The number of methoxy groups -OCH3 is 1. The van der Waals surface area contributed by atoms with Crippen LogP contribution in [0.5, 0.6) is 5.75 Å². The number of carbonyl (C=O) groups excluding carboxylic acids is 1. The molecule has 20 heavy (non-hydrogen) atoms. The molecule has 0 fully saturated rings. The van der Waals surface area contributed by atoms with E-state index in [9.17, 15) is 4.79 Å². The van der Waals surface area contributed by atoms with Gasteiger partial charge in [-0.25, -0.2) is 10.8 Å². The first-order chi connectivity index (χ1) is 9.71. The lowest BCUT2D eigenvalue weighted by molar-refractivity contribution is -0.120. The van der Waals surface area contributed by atoms with Gasteiger partial charge >= 0.3 is 0 Å². The van der Waals surface area contributed by atoms with Crippen LogP contribution in [0.1, 0.15) is 11.6 Å². The van der Waals surface area contributed by atoms with Crippen LogP contribution in [-0.4, -0.2) is 28.2 Å². The fourth-order valence-electron chi connectivity index (χ4n) is 1.58. The Morgan fingerprint density at radius 3 is 2.80 bits per heavy atom. The zero-order valence-corrected chi connectivity index (χ0v) is 11.0. The number of nitrogens with one attached hydrogen (secondary N) is 3. The summed E-state index contributed by atoms with van der Waals surface area (Å²) in [5.74, 6) is 6.50. The summed E-state index contributed by atoms with van der Waals surface area (Å²) in [6, 6.07) is 7.52. The number of anilines is 1. The van der Waals surface area contributed by atoms with Crippen molar-refractivity contribution in [2.75, 3.05) is 12.4 Å². The zero-order chi connectivity index (χ0) is 14.4. The number of carbonyl (C=O) groups is 1. The highest BCUT2D eigenvalue weighted by Gasteiger charge is 2.07. The lowest BCUT2D eigenvalue weighted by atomic mass is 10.3. The van der Waals surface area contributed by atoms with Gasteiger partial charge < -0.3 is 10.1 Å². The van der Waals surface area contributed by atoms with Crippen LogP contribution in [0.15, 0.2) is 24.3 Å². The molecule has 0 atom stereocenters. The minimum absolute atomic E-state index is 0.0511. The summed E-state index contributed by atoms with van der Waals surface area (Å²) in [7, 11) is 1.62. The Bertz CT molecular complexity index is 566. The Hall–Kier alpha value is -2.61. The maximum Gasteiger partial charge on any atom is 0.241 e. The van der Waals surface area contributed by atoms with Gasteiger partial charge in [-0.05, 0) is 24.3 Å². The number of hydrogen-bond acceptors (Lipinski definition) is 6. The van der Waals surface area contributed by atoms with Crippen molar-refractivity contribution in [3.05, 3.63) is 35.9 Å². The van der Waals surface area contributed by atoms with E-state index in [1.807, 2.05) is 29.7 Å². The second kappa shape index (κ2) is 6.53. The molecule has 0 aliphatic carbocycles. The Morgan fingerprint density at radius 2 is 2.15 bits per heavy atom. The van der Waals surface area contributed by atoms with Gasteiger partial charge in [0, 0.05) is 5.69 Å². The van der Waals surface area contributed by atoms with Crippen LogP contribution < -0.4 is 21.3 Å². The number of nitrogens with two attached hydrogens (primary N) is 1. The van der Waals surface area contributed by atoms with Gasteiger partial charge in [-0.2, -0.15) is 5.10 Å². The molecule has 8 nitrogen and oxygen atoms in total. The van der Waals surface area contributed by atoms with Crippen LogP contribution in [0.4, 0.5) is 5.69 Å². The van der Waals surface area contributed by atoms with Crippen LogP contribution >= 0.6 is 0 Å². The average Bonchev–Trinajstić information content (AvgIpc) is 2.93. The first-order valence-electron chi connectivity index (χ1n) is 5.99. The summed E-state index contributed by atoms with van der Waals surface area (Å²) in [5, 5.41) is 9.87. The van der Waals surface area contributed by atoms with Gasteiger partial charge in [0.1, 0.15) is 11.6 Å². The third-order valence-electron chi connectivity index (χ3n) is 2.61. The highest BCUT2D eigenvalue weighted by atomic mass is 16.5. The largest absolute Gasteiger partial charge is 0.497 e. The molecule has 0 bridgehead atoms. The molecule has 0 radical (unpaired) electrons. The second-order valence-corrected chi connectivity index (χ2v) is 4.02. The Balaban J connectivity index is 1.88. The van der Waals surface area contributed by atoms with Gasteiger partial charge in [0.2, 0.25) is 5.91 Å². The summed E-state index contributed by atoms with van der Waals surface area (Å²) >= 11 is 0. The lowest BCUT2D eigenvalue weighted by Crippen LogP contribution is -2.31. The van der Waals surface area contributed by atoms with Crippen LogP contribution in [-0.2, 0) is 17.8 Å². The first kappa shape index (κ1) is 13.8. The van der Waals surface area contributed by atoms with Gasteiger partial charge in [-0.3, -0.25) is 15.3 Å². The maximum absolute atomic E-state index is 11.1. The lowest BCUT2D eigenvalue weighted by Gasteiger charge is -2.05. The van der Waals surface area contributed by atoms with Crippen molar-refractivity contribution in [2.24, 2.45) is 5.84 Å². The number of hydrogen-bond donors (Lipinski definition) is 4. The number of rotatable bonds is 6. The maximum atomic E-state index is 11.1. The Labute approximate surface area is 115 Å². The zero-order valence-electron chi connectivity index (χ0n) is 11.0. The summed E-state index contributed by atoms with van der Waals surface area (Å²) in [5.41, 5.74) is 2.96. The normalized spacial score (nSPS) is 10.1. The second-order valence-electron chi connectivity index (χ2n) is 4.02. The van der Waals surface area contributed by atoms with E-state index in [2.05, 4.69) is 20.5 Å². The third-order valence-corrected chi connectivity index (χ3v) is 2.61. The van der Waals surface area contributed by atoms with E-state index in [0.29, 0.717) is 18.2 Å². The number of nitrogens with zero attached hydrogens (tertiary/aromatic N) is 2. The SMILES string of the molecule is COc1ccc(NCc2nc(CC(=O)NN)n[nH]2)cc1. The number of hydrazine groups is 1. The van der Waals surface area contributed by atoms with Crippen molar-refractivity contribution in [2.45, 2.75) is 13.0 Å². The molecule has 0 spiro atoms. The fraction of sp³-hybridized carbons (Fsp3) is 0.250. The number of H-pyrrole nitrogens is 1. The molecule has 5 N–H and O–H groups in total. The monoisotopic (exact) mass is 276 g/mol. The number of aromatic nitrogens is 3. The van der Waals surface area contributed by atoms with Crippen LogP contribution in [0.2, 0.25) is 0 Å². The van der Waals surface area contributed by atoms with E-state index in [-0.39, 0.29) is 12.3 Å². The molecule has 8 heteroatoms. The van der Waals surface area contributed by atoms with E-state index >= 15 is 0 Å². The molecule has 1 heterocycles. The van der Waals surface area contributed by atoms with Crippen LogP contribution in [0.3, 0.4) is 0 Å². The van der Waals surface area contributed by atoms with Crippen molar-refractivity contribution < 1.29 is 9.53 Å². The van der Waals surface area contributed by atoms with Crippen molar-refractivity contribution >= 4 is 11.6 Å². The Kier molecular flexibility index (Phi) is 4.51. The van der Waals surface area contributed by atoms with Crippen LogP contribution in [0.25, 0.3) is 0 Å². The molecule has 0 unspecified atom stereocenters. The van der Waals surface area contributed by atoms with E-state index < -0.39 is 0 Å². The minimum Gasteiger partial charge on any atom is -0.497 e. The molecule has 0 saturated heterocycles. The van der Waals surface area contributed by atoms with Gasteiger partial charge in [0.05, 0.1) is 20.1 Å². The van der Waals surface area contributed by atoms with Crippen LogP contribution in [0, 0.1) is 0 Å². The highest BCUT2D eigenvalue weighted by Crippen LogP contribution is 2.15.